The van der Waals surface area contributed by atoms with Crippen molar-refractivity contribution in [2.24, 2.45) is 0 Å². The van der Waals surface area contributed by atoms with Crippen molar-refractivity contribution in [3.05, 3.63) is 0 Å². The lowest BCUT2D eigenvalue weighted by Crippen LogP contribution is -2.64. The minimum atomic E-state index is -4.89. The van der Waals surface area contributed by atoms with Gasteiger partial charge >= 0.3 is 10.4 Å². The quantitative estimate of drug-likeness (QED) is 0.186. The summed E-state index contributed by atoms with van der Waals surface area (Å²) in [5.41, 5.74) is 0. The summed E-state index contributed by atoms with van der Waals surface area (Å²) in [6.45, 7) is -1.67. The Morgan fingerprint density at radius 2 is 1.41 bits per heavy atom. The van der Waals surface area contributed by atoms with E-state index in [-0.39, 0.29) is 0 Å². The number of aliphatic hydroxyl groups is 7. The Kier molecular flexibility index (Phi) is 7.47. The molecule has 2 rings (SSSR count). The van der Waals surface area contributed by atoms with Crippen LogP contribution >= 0.6 is 0 Å². The van der Waals surface area contributed by atoms with E-state index in [9.17, 15) is 39.1 Å². The molecule has 0 aliphatic carbocycles. The molecule has 160 valence electrons. The Bertz CT molecular complexity index is 585. The molecule has 2 aliphatic heterocycles. The van der Waals surface area contributed by atoms with Gasteiger partial charge in [-0.05, 0) is 0 Å². The summed E-state index contributed by atoms with van der Waals surface area (Å²) in [4.78, 5) is 0. The first-order chi connectivity index (χ1) is 12.5. The standard InChI is InChI=1S/C12H22O14S/c13-1-3-5(14)8(17)10(11(19)24-3)26-12-9(18)7(16)6(15)4(25-12)2-23-27(20,21)22/h3-19H,1-2H2,(H,20,21,22)/t3-,4-,5-,6-,7+,8+,9+,10-,11?,12-/m1/s1. The van der Waals surface area contributed by atoms with Gasteiger partial charge < -0.3 is 50.0 Å². The molecule has 1 unspecified atom stereocenters. The SMILES string of the molecule is O=S(=O)(O)OC[C@H]1O[C@H](O[C@H]2C(O)O[C@H](CO)[C@@H](O)[C@@H]2O)[C@@H](O)[C@@H](O)[C@@H]1O. The first-order valence-corrected chi connectivity index (χ1v) is 9.10. The molecule has 0 spiro atoms. The van der Waals surface area contributed by atoms with Gasteiger partial charge in [-0.2, -0.15) is 8.42 Å². The molecule has 0 radical (unpaired) electrons. The van der Waals surface area contributed by atoms with Crippen molar-refractivity contribution in [1.29, 1.82) is 0 Å². The first-order valence-electron chi connectivity index (χ1n) is 7.73. The van der Waals surface area contributed by atoms with Crippen LogP contribution in [0.5, 0.6) is 0 Å². The lowest BCUT2D eigenvalue weighted by Gasteiger charge is -2.45. The molecule has 14 nitrogen and oxygen atoms in total. The van der Waals surface area contributed by atoms with Gasteiger partial charge in [-0.3, -0.25) is 4.55 Å². The predicted molar refractivity (Wildman–Crippen MR) is 79.0 cm³/mol. The van der Waals surface area contributed by atoms with Crippen molar-refractivity contribution in [2.75, 3.05) is 13.2 Å². The molecule has 0 aromatic rings. The Balaban J connectivity index is 2.09. The highest BCUT2D eigenvalue weighted by Crippen LogP contribution is 2.28. The third-order valence-electron chi connectivity index (χ3n) is 4.18. The van der Waals surface area contributed by atoms with E-state index >= 15 is 0 Å². The monoisotopic (exact) mass is 422 g/mol. The van der Waals surface area contributed by atoms with E-state index in [1.54, 1.807) is 0 Å². The molecule has 0 amide bonds. The van der Waals surface area contributed by atoms with Gasteiger partial charge in [-0.1, -0.05) is 0 Å². The molecule has 2 saturated heterocycles. The Morgan fingerprint density at radius 3 is 1.96 bits per heavy atom. The minimum absolute atomic E-state index is 0.718. The van der Waals surface area contributed by atoms with Crippen LogP contribution in [0.2, 0.25) is 0 Å². The van der Waals surface area contributed by atoms with Crippen molar-refractivity contribution < 1.29 is 67.1 Å². The largest absolute Gasteiger partial charge is 0.397 e. The maximum atomic E-state index is 10.6. The van der Waals surface area contributed by atoms with Gasteiger partial charge in [-0.15, -0.1) is 0 Å². The van der Waals surface area contributed by atoms with E-state index in [0.717, 1.165) is 0 Å². The number of hydrogen-bond donors (Lipinski definition) is 8. The van der Waals surface area contributed by atoms with Gasteiger partial charge in [0, 0.05) is 0 Å². The molecule has 27 heavy (non-hydrogen) atoms. The van der Waals surface area contributed by atoms with E-state index in [1.165, 1.54) is 0 Å². The molecule has 0 bridgehead atoms. The minimum Gasteiger partial charge on any atom is -0.394 e. The zero-order valence-corrected chi connectivity index (χ0v) is 14.4. The molecule has 10 atom stereocenters. The van der Waals surface area contributed by atoms with Crippen LogP contribution < -0.4 is 0 Å². The van der Waals surface area contributed by atoms with Crippen molar-refractivity contribution >= 4 is 10.4 Å². The van der Waals surface area contributed by atoms with Gasteiger partial charge in [0.1, 0.15) is 48.8 Å². The van der Waals surface area contributed by atoms with E-state index < -0.39 is 85.0 Å². The van der Waals surface area contributed by atoms with Crippen molar-refractivity contribution in [2.45, 2.75) is 61.4 Å². The van der Waals surface area contributed by atoms with E-state index in [1.807, 2.05) is 0 Å². The van der Waals surface area contributed by atoms with E-state index in [0.29, 0.717) is 0 Å². The second kappa shape index (κ2) is 8.87. The average Bonchev–Trinajstić information content (AvgIpc) is 2.59. The summed E-state index contributed by atoms with van der Waals surface area (Å²) in [6, 6.07) is 0. The molecule has 2 aliphatic rings. The number of hydrogen-bond acceptors (Lipinski definition) is 13. The van der Waals surface area contributed by atoms with Gasteiger partial charge in [0.25, 0.3) is 0 Å². The van der Waals surface area contributed by atoms with Crippen molar-refractivity contribution in [1.82, 2.24) is 0 Å². The summed E-state index contributed by atoms with van der Waals surface area (Å²) in [5, 5.41) is 68.3. The molecular weight excluding hydrogens is 400 g/mol. The molecular formula is C12H22O14S. The maximum absolute atomic E-state index is 10.6. The van der Waals surface area contributed by atoms with Crippen LogP contribution in [-0.2, 0) is 28.8 Å². The second-order valence-electron chi connectivity index (χ2n) is 6.06. The van der Waals surface area contributed by atoms with Crippen LogP contribution in [0.15, 0.2) is 0 Å². The summed E-state index contributed by atoms with van der Waals surface area (Å²) in [6.07, 6.45) is -17.4. The Labute approximate surface area is 153 Å². The average molecular weight is 422 g/mol. The van der Waals surface area contributed by atoms with Crippen LogP contribution in [0.3, 0.4) is 0 Å². The van der Waals surface area contributed by atoms with Gasteiger partial charge in [-0.25, -0.2) is 4.18 Å². The van der Waals surface area contributed by atoms with Crippen LogP contribution in [0.1, 0.15) is 0 Å². The smallest absolute Gasteiger partial charge is 0.394 e. The lowest BCUT2D eigenvalue weighted by molar-refractivity contribution is -0.361. The summed E-state index contributed by atoms with van der Waals surface area (Å²) < 4.78 is 48.9. The third-order valence-corrected chi connectivity index (χ3v) is 4.62. The number of ether oxygens (including phenoxy) is 3. The molecule has 0 saturated carbocycles. The second-order valence-corrected chi connectivity index (χ2v) is 7.15. The van der Waals surface area contributed by atoms with Crippen LogP contribution in [0, 0.1) is 0 Å². The maximum Gasteiger partial charge on any atom is 0.397 e. The van der Waals surface area contributed by atoms with Gasteiger partial charge in [0.15, 0.2) is 12.6 Å². The van der Waals surface area contributed by atoms with E-state index in [2.05, 4.69) is 4.18 Å². The van der Waals surface area contributed by atoms with Crippen LogP contribution in [0.4, 0.5) is 0 Å². The molecule has 15 heteroatoms. The van der Waals surface area contributed by atoms with Crippen LogP contribution in [-0.4, -0.2) is 123 Å². The molecule has 0 aromatic heterocycles. The molecule has 2 heterocycles. The summed E-state index contributed by atoms with van der Waals surface area (Å²) in [7, 11) is -4.89. The summed E-state index contributed by atoms with van der Waals surface area (Å²) in [5.74, 6) is 0. The van der Waals surface area contributed by atoms with Crippen molar-refractivity contribution in [3.8, 4) is 0 Å². The Morgan fingerprint density at radius 1 is 0.815 bits per heavy atom. The third kappa shape index (κ3) is 5.30. The van der Waals surface area contributed by atoms with Gasteiger partial charge in [0.2, 0.25) is 0 Å². The first kappa shape index (κ1) is 22.8. The number of aliphatic hydroxyl groups excluding tert-OH is 7. The zero-order valence-electron chi connectivity index (χ0n) is 13.6. The highest BCUT2D eigenvalue weighted by Gasteiger charge is 2.50. The number of rotatable bonds is 6. The fourth-order valence-electron chi connectivity index (χ4n) is 2.69. The molecule has 2 fully saturated rings. The topological polar surface area (TPSA) is 233 Å². The Hall–Kier alpha value is -0.530. The summed E-state index contributed by atoms with van der Waals surface area (Å²) >= 11 is 0. The highest BCUT2D eigenvalue weighted by molar-refractivity contribution is 7.80. The predicted octanol–water partition coefficient (Wildman–Crippen LogP) is -5.57. The fourth-order valence-corrected chi connectivity index (χ4v) is 3.00. The van der Waals surface area contributed by atoms with Crippen molar-refractivity contribution in [3.63, 3.8) is 0 Å². The lowest BCUT2D eigenvalue weighted by atomic mass is 9.97. The van der Waals surface area contributed by atoms with Crippen LogP contribution in [0.25, 0.3) is 0 Å². The molecule has 8 N–H and O–H groups in total. The zero-order chi connectivity index (χ0) is 20.5. The normalized spacial score (nSPS) is 46.4. The molecule has 0 aromatic carbocycles. The van der Waals surface area contributed by atoms with E-state index in [4.69, 9.17) is 23.9 Å². The highest BCUT2D eigenvalue weighted by atomic mass is 32.3. The fraction of sp³-hybridized carbons (Fsp3) is 1.00. The van der Waals surface area contributed by atoms with Gasteiger partial charge in [0.05, 0.1) is 13.2 Å².